The van der Waals surface area contributed by atoms with Crippen molar-refractivity contribution in [3.8, 4) is 0 Å². The molecule has 5 nitrogen and oxygen atoms in total. The van der Waals surface area contributed by atoms with Crippen molar-refractivity contribution in [1.29, 1.82) is 0 Å². The third kappa shape index (κ3) is 5.38. The fraction of sp³-hybridized carbons (Fsp3) is 1.00. The van der Waals surface area contributed by atoms with Crippen LogP contribution in [0.25, 0.3) is 0 Å². The van der Waals surface area contributed by atoms with Gasteiger partial charge >= 0.3 is 0 Å². The maximum Gasteiger partial charge on any atom is 0.214 e. The minimum absolute atomic E-state index is 0.195. The molecule has 114 valence electrons. The second-order valence-electron chi connectivity index (χ2n) is 5.35. The Bertz CT molecular complexity index is 346. The molecule has 1 aliphatic heterocycles. The van der Waals surface area contributed by atoms with E-state index in [4.69, 9.17) is 4.74 Å². The van der Waals surface area contributed by atoms with Crippen LogP contribution in [0.4, 0.5) is 0 Å². The fourth-order valence-electron chi connectivity index (χ4n) is 2.51. The van der Waals surface area contributed by atoms with Crippen molar-refractivity contribution >= 4 is 10.0 Å². The van der Waals surface area contributed by atoms with Gasteiger partial charge in [-0.2, -0.15) is 0 Å². The van der Waals surface area contributed by atoms with Crippen LogP contribution in [0.5, 0.6) is 0 Å². The smallest absolute Gasteiger partial charge is 0.214 e. The molecule has 19 heavy (non-hydrogen) atoms. The molecule has 0 bridgehead atoms. The summed E-state index contributed by atoms with van der Waals surface area (Å²) in [6.45, 7) is 7.06. The molecular formula is C13H28N2O3S. The van der Waals surface area contributed by atoms with E-state index in [1.165, 1.54) is 0 Å². The molecule has 1 heterocycles. The molecule has 1 rings (SSSR count). The van der Waals surface area contributed by atoms with Crippen molar-refractivity contribution in [3.05, 3.63) is 0 Å². The molecule has 1 N–H and O–H groups in total. The highest BCUT2D eigenvalue weighted by molar-refractivity contribution is 7.89. The van der Waals surface area contributed by atoms with Gasteiger partial charge in [0, 0.05) is 32.8 Å². The van der Waals surface area contributed by atoms with Gasteiger partial charge in [-0.15, -0.1) is 0 Å². The molecule has 0 saturated carbocycles. The first-order chi connectivity index (χ1) is 9.01. The maximum atomic E-state index is 12.2. The summed E-state index contributed by atoms with van der Waals surface area (Å²) in [5, 5.41) is 3.50. The van der Waals surface area contributed by atoms with Gasteiger partial charge in [0.1, 0.15) is 0 Å². The van der Waals surface area contributed by atoms with Gasteiger partial charge in [-0.3, -0.25) is 0 Å². The van der Waals surface area contributed by atoms with Crippen molar-refractivity contribution in [2.45, 2.75) is 39.2 Å². The van der Waals surface area contributed by atoms with E-state index in [2.05, 4.69) is 19.2 Å². The summed E-state index contributed by atoms with van der Waals surface area (Å²) in [7, 11) is -1.51. The summed E-state index contributed by atoms with van der Waals surface area (Å²) < 4.78 is 30.9. The summed E-state index contributed by atoms with van der Waals surface area (Å²) in [5.41, 5.74) is 0. The van der Waals surface area contributed by atoms with Crippen LogP contribution in [-0.4, -0.2) is 57.9 Å². The lowest BCUT2D eigenvalue weighted by Gasteiger charge is -2.36. The molecule has 2 atom stereocenters. The second-order valence-corrected chi connectivity index (χ2v) is 7.44. The zero-order valence-electron chi connectivity index (χ0n) is 12.4. The quantitative estimate of drug-likeness (QED) is 0.680. The van der Waals surface area contributed by atoms with Crippen LogP contribution in [-0.2, 0) is 14.8 Å². The minimum Gasteiger partial charge on any atom is -0.385 e. The molecule has 2 unspecified atom stereocenters. The number of nitrogens with one attached hydrogen (secondary N) is 1. The molecule has 0 amide bonds. The van der Waals surface area contributed by atoms with Gasteiger partial charge in [0.15, 0.2) is 0 Å². The van der Waals surface area contributed by atoms with Gasteiger partial charge in [-0.1, -0.05) is 13.8 Å². The van der Waals surface area contributed by atoms with Crippen molar-refractivity contribution < 1.29 is 13.2 Å². The van der Waals surface area contributed by atoms with Crippen molar-refractivity contribution in [2.24, 2.45) is 5.92 Å². The number of sulfonamides is 1. The molecule has 0 aromatic carbocycles. The third-order valence-electron chi connectivity index (χ3n) is 3.67. The Balaban J connectivity index is 2.45. The number of piperidine rings is 1. The van der Waals surface area contributed by atoms with E-state index in [0.29, 0.717) is 38.1 Å². The van der Waals surface area contributed by atoms with Gasteiger partial charge in [0.05, 0.1) is 5.75 Å². The van der Waals surface area contributed by atoms with Crippen LogP contribution < -0.4 is 5.32 Å². The Morgan fingerprint density at radius 1 is 1.42 bits per heavy atom. The van der Waals surface area contributed by atoms with Gasteiger partial charge in [-0.05, 0) is 31.7 Å². The Hall–Kier alpha value is -0.170. The van der Waals surface area contributed by atoms with Gasteiger partial charge in [-0.25, -0.2) is 12.7 Å². The van der Waals surface area contributed by atoms with Crippen LogP contribution in [0.3, 0.4) is 0 Å². The molecule has 1 saturated heterocycles. The van der Waals surface area contributed by atoms with Crippen molar-refractivity contribution in [1.82, 2.24) is 9.62 Å². The van der Waals surface area contributed by atoms with Gasteiger partial charge in [0.25, 0.3) is 0 Å². The van der Waals surface area contributed by atoms with Crippen LogP contribution in [0.1, 0.15) is 33.1 Å². The summed E-state index contributed by atoms with van der Waals surface area (Å²) in [6, 6.07) is 0.449. The average molecular weight is 292 g/mol. The molecule has 6 heteroatoms. The monoisotopic (exact) mass is 292 g/mol. The van der Waals surface area contributed by atoms with E-state index in [0.717, 1.165) is 19.4 Å². The molecule has 0 aromatic heterocycles. The first-order valence-electron chi connectivity index (χ1n) is 7.21. The third-order valence-corrected chi connectivity index (χ3v) is 5.59. The van der Waals surface area contributed by atoms with Gasteiger partial charge in [0.2, 0.25) is 10.0 Å². The first kappa shape index (κ1) is 16.9. The number of methoxy groups -OCH3 is 1. The van der Waals surface area contributed by atoms with Crippen LogP contribution in [0.2, 0.25) is 0 Å². The first-order valence-corrected chi connectivity index (χ1v) is 8.82. The minimum atomic E-state index is -3.11. The van der Waals surface area contributed by atoms with Crippen molar-refractivity contribution in [2.75, 3.05) is 39.1 Å². The summed E-state index contributed by atoms with van der Waals surface area (Å²) in [6.07, 6.45) is 2.59. The Labute approximate surface area is 117 Å². The van der Waals surface area contributed by atoms with E-state index < -0.39 is 10.0 Å². The zero-order valence-corrected chi connectivity index (χ0v) is 13.2. The predicted octanol–water partition coefficient (Wildman–Crippen LogP) is 1.06. The lowest BCUT2D eigenvalue weighted by Crippen LogP contribution is -2.50. The highest BCUT2D eigenvalue weighted by Gasteiger charge is 2.31. The van der Waals surface area contributed by atoms with Crippen LogP contribution in [0, 0.1) is 5.92 Å². The zero-order chi connectivity index (χ0) is 14.3. The number of rotatable bonds is 8. The lowest BCUT2D eigenvalue weighted by atomic mass is 9.95. The Kier molecular flexibility index (Phi) is 7.28. The van der Waals surface area contributed by atoms with E-state index in [1.807, 2.05) is 0 Å². The molecule has 1 fully saturated rings. The highest BCUT2D eigenvalue weighted by atomic mass is 32.2. The molecule has 0 aliphatic carbocycles. The summed E-state index contributed by atoms with van der Waals surface area (Å²) >= 11 is 0. The van der Waals surface area contributed by atoms with Gasteiger partial charge < -0.3 is 10.1 Å². The lowest BCUT2D eigenvalue weighted by molar-refractivity contribution is 0.197. The predicted molar refractivity (Wildman–Crippen MR) is 77.7 cm³/mol. The van der Waals surface area contributed by atoms with E-state index in [9.17, 15) is 8.42 Å². The standard InChI is InChI=1S/C13H28N2O3S/c1-4-7-14-13-6-8-15(11-12(13)2)19(16,17)10-5-9-18-3/h12-14H,4-11H2,1-3H3. The number of nitrogens with zero attached hydrogens (tertiary/aromatic N) is 1. The van der Waals surface area contributed by atoms with Crippen molar-refractivity contribution in [3.63, 3.8) is 0 Å². The summed E-state index contributed by atoms with van der Waals surface area (Å²) in [4.78, 5) is 0. The van der Waals surface area contributed by atoms with E-state index in [-0.39, 0.29) is 5.75 Å². The molecule has 1 aliphatic rings. The number of hydrogen-bond acceptors (Lipinski definition) is 4. The molecule has 0 aromatic rings. The average Bonchev–Trinajstić information content (AvgIpc) is 2.37. The molecule has 0 spiro atoms. The molecule has 0 radical (unpaired) electrons. The number of ether oxygens (including phenoxy) is 1. The van der Waals surface area contributed by atoms with E-state index >= 15 is 0 Å². The fourth-order valence-corrected chi connectivity index (χ4v) is 4.09. The van der Waals surface area contributed by atoms with Crippen LogP contribution in [0.15, 0.2) is 0 Å². The largest absolute Gasteiger partial charge is 0.385 e. The summed E-state index contributed by atoms with van der Waals surface area (Å²) in [5.74, 6) is 0.568. The topological polar surface area (TPSA) is 58.6 Å². The Morgan fingerprint density at radius 2 is 2.16 bits per heavy atom. The second kappa shape index (κ2) is 8.19. The highest BCUT2D eigenvalue weighted by Crippen LogP contribution is 2.20. The Morgan fingerprint density at radius 3 is 2.74 bits per heavy atom. The normalized spacial score (nSPS) is 25.6. The van der Waals surface area contributed by atoms with Crippen LogP contribution >= 0.6 is 0 Å². The number of hydrogen-bond donors (Lipinski definition) is 1. The maximum absolute atomic E-state index is 12.2. The SMILES string of the molecule is CCCNC1CCN(S(=O)(=O)CCCOC)CC1C. The molecular weight excluding hydrogens is 264 g/mol. The van der Waals surface area contributed by atoms with E-state index in [1.54, 1.807) is 11.4 Å².